The summed E-state index contributed by atoms with van der Waals surface area (Å²) in [5, 5.41) is 9.41. The average Bonchev–Trinajstić information content (AvgIpc) is 2.96. The van der Waals surface area contributed by atoms with Gasteiger partial charge in [0.1, 0.15) is 17.2 Å². The summed E-state index contributed by atoms with van der Waals surface area (Å²) in [7, 11) is 1.65. The molecule has 3 rings (SSSR count). The molecular weight excluding hydrogens is 310 g/mol. The van der Waals surface area contributed by atoms with Crippen molar-refractivity contribution in [2.75, 3.05) is 7.11 Å². The highest BCUT2D eigenvalue weighted by atomic mass is 79.9. The standard InChI is InChI=1S/C13H12BrN3O2/c1-8-3-10(16-19-8)7-17-12-5-13(18-2)11(14)4-9(12)6-15-17/h3-6H,7H2,1-2H3. The van der Waals surface area contributed by atoms with Crippen molar-refractivity contribution < 1.29 is 9.26 Å². The van der Waals surface area contributed by atoms with Crippen LogP contribution in [0.1, 0.15) is 11.5 Å². The summed E-state index contributed by atoms with van der Waals surface area (Å²) < 4.78 is 13.2. The third-order valence-corrected chi connectivity index (χ3v) is 3.52. The van der Waals surface area contributed by atoms with Gasteiger partial charge in [-0.1, -0.05) is 5.16 Å². The summed E-state index contributed by atoms with van der Waals surface area (Å²) in [5.74, 6) is 1.58. The third kappa shape index (κ3) is 2.23. The van der Waals surface area contributed by atoms with Gasteiger partial charge in [0, 0.05) is 17.5 Å². The minimum Gasteiger partial charge on any atom is -0.495 e. The Morgan fingerprint density at radius 3 is 2.89 bits per heavy atom. The Morgan fingerprint density at radius 2 is 2.21 bits per heavy atom. The van der Waals surface area contributed by atoms with Crippen molar-refractivity contribution in [2.45, 2.75) is 13.5 Å². The van der Waals surface area contributed by atoms with Crippen LogP contribution < -0.4 is 4.74 Å². The number of halogens is 1. The second-order valence-corrected chi connectivity index (χ2v) is 5.13. The zero-order valence-electron chi connectivity index (χ0n) is 10.6. The first-order valence-electron chi connectivity index (χ1n) is 5.78. The Hall–Kier alpha value is -1.82. The lowest BCUT2D eigenvalue weighted by molar-refractivity contribution is 0.388. The molecule has 0 aliphatic rings. The van der Waals surface area contributed by atoms with E-state index in [1.165, 1.54) is 0 Å². The first-order valence-corrected chi connectivity index (χ1v) is 6.58. The molecule has 0 saturated carbocycles. The van der Waals surface area contributed by atoms with Crippen molar-refractivity contribution in [1.29, 1.82) is 0 Å². The van der Waals surface area contributed by atoms with Gasteiger partial charge in [0.25, 0.3) is 0 Å². The second kappa shape index (κ2) is 4.70. The van der Waals surface area contributed by atoms with E-state index in [-0.39, 0.29) is 0 Å². The molecule has 2 heterocycles. The van der Waals surface area contributed by atoms with Gasteiger partial charge in [0.15, 0.2) is 0 Å². The molecule has 0 aliphatic carbocycles. The van der Waals surface area contributed by atoms with Crippen LogP contribution in [-0.4, -0.2) is 22.0 Å². The summed E-state index contributed by atoms with van der Waals surface area (Å²) in [6, 6.07) is 5.86. The second-order valence-electron chi connectivity index (χ2n) is 4.28. The predicted molar refractivity (Wildman–Crippen MR) is 74.3 cm³/mol. The fraction of sp³-hybridized carbons (Fsp3) is 0.231. The highest BCUT2D eigenvalue weighted by Gasteiger charge is 2.10. The summed E-state index contributed by atoms with van der Waals surface area (Å²) in [4.78, 5) is 0. The maximum absolute atomic E-state index is 5.31. The summed E-state index contributed by atoms with van der Waals surface area (Å²) in [6.45, 7) is 2.45. The van der Waals surface area contributed by atoms with Crippen molar-refractivity contribution in [3.63, 3.8) is 0 Å². The topological polar surface area (TPSA) is 53.1 Å². The molecule has 0 amide bonds. The van der Waals surface area contributed by atoms with E-state index in [1.807, 2.05) is 36.0 Å². The van der Waals surface area contributed by atoms with E-state index in [4.69, 9.17) is 9.26 Å². The Kier molecular flexibility index (Phi) is 3.02. The van der Waals surface area contributed by atoms with E-state index in [9.17, 15) is 0 Å². The molecule has 0 bridgehead atoms. The van der Waals surface area contributed by atoms with Crippen LogP contribution in [0, 0.1) is 6.92 Å². The van der Waals surface area contributed by atoms with E-state index >= 15 is 0 Å². The lowest BCUT2D eigenvalue weighted by atomic mass is 10.2. The number of ether oxygens (including phenoxy) is 1. The van der Waals surface area contributed by atoms with Crippen molar-refractivity contribution in [2.24, 2.45) is 0 Å². The highest BCUT2D eigenvalue weighted by Crippen LogP contribution is 2.30. The van der Waals surface area contributed by atoms with Gasteiger partial charge >= 0.3 is 0 Å². The maximum atomic E-state index is 5.31. The fourth-order valence-electron chi connectivity index (χ4n) is 2.01. The lowest BCUT2D eigenvalue weighted by Crippen LogP contribution is -2.01. The molecule has 0 saturated heterocycles. The van der Waals surface area contributed by atoms with Crippen molar-refractivity contribution in [3.8, 4) is 5.75 Å². The molecule has 1 aromatic carbocycles. The molecule has 2 aromatic heterocycles. The number of rotatable bonds is 3. The SMILES string of the molecule is COc1cc2c(cnn2Cc2cc(C)on2)cc1Br. The molecule has 6 heteroatoms. The van der Waals surface area contributed by atoms with Crippen LogP contribution in [0.2, 0.25) is 0 Å². The lowest BCUT2D eigenvalue weighted by Gasteiger charge is -2.05. The van der Waals surface area contributed by atoms with Gasteiger partial charge < -0.3 is 9.26 Å². The van der Waals surface area contributed by atoms with Crippen LogP contribution in [0.3, 0.4) is 0 Å². The maximum Gasteiger partial charge on any atom is 0.135 e. The number of hydrogen-bond acceptors (Lipinski definition) is 4. The zero-order chi connectivity index (χ0) is 13.4. The van der Waals surface area contributed by atoms with E-state index in [1.54, 1.807) is 7.11 Å². The Morgan fingerprint density at radius 1 is 1.37 bits per heavy atom. The molecule has 0 radical (unpaired) electrons. The van der Waals surface area contributed by atoms with E-state index in [2.05, 4.69) is 26.2 Å². The van der Waals surface area contributed by atoms with Crippen molar-refractivity contribution in [1.82, 2.24) is 14.9 Å². The molecule has 0 N–H and O–H groups in total. The zero-order valence-corrected chi connectivity index (χ0v) is 12.1. The Labute approximate surface area is 118 Å². The van der Waals surface area contributed by atoms with Gasteiger partial charge in [-0.3, -0.25) is 4.68 Å². The van der Waals surface area contributed by atoms with Crippen LogP contribution in [0.5, 0.6) is 5.75 Å². The quantitative estimate of drug-likeness (QED) is 0.743. The molecule has 0 spiro atoms. The number of benzene rings is 1. The largest absolute Gasteiger partial charge is 0.495 e. The van der Waals surface area contributed by atoms with Gasteiger partial charge in [-0.05, 0) is 28.9 Å². The molecule has 0 unspecified atom stereocenters. The Bertz CT molecular complexity index is 733. The molecular formula is C13H12BrN3O2. The minimum absolute atomic E-state index is 0.575. The van der Waals surface area contributed by atoms with Gasteiger partial charge in [-0.15, -0.1) is 0 Å². The third-order valence-electron chi connectivity index (χ3n) is 2.90. The molecule has 3 aromatic rings. The van der Waals surface area contributed by atoms with E-state index in [0.717, 1.165) is 32.6 Å². The minimum atomic E-state index is 0.575. The molecule has 19 heavy (non-hydrogen) atoms. The molecule has 0 aliphatic heterocycles. The Balaban J connectivity index is 2.04. The number of hydrogen-bond donors (Lipinski definition) is 0. The number of nitrogens with zero attached hydrogens (tertiary/aromatic N) is 3. The molecule has 0 fully saturated rings. The molecule has 5 nitrogen and oxygen atoms in total. The monoisotopic (exact) mass is 321 g/mol. The van der Waals surface area contributed by atoms with Crippen molar-refractivity contribution in [3.05, 3.63) is 40.3 Å². The fourth-order valence-corrected chi connectivity index (χ4v) is 2.53. The molecule has 98 valence electrons. The van der Waals surface area contributed by atoms with Gasteiger partial charge in [0.2, 0.25) is 0 Å². The molecule has 0 atom stereocenters. The number of aryl methyl sites for hydroxylation is 1. The average molecular weight is 322 g/mol. The van der Waals surface area contributed by atoms with Crippen LogP contribution in [0.4, 0.5) is 0 Å². The number of fused-ring (bicyclic) bond motifs is 1. The number of aromatic nitrogens is 3. The number of methoxy groups -OCH3 is 1. The van der Waals surface area contributed by atoms with Gasteiger partial charge in [0.05, 0.1) is 29.8 Å². The normalized spacial score (nSPS) is 11.1. The van der Waals surface area contributed by atoms with Crippen LogP contribution in [0.25, 0.3) is 10.9 Å². The van der Waals surface area contributed by atoms with Crippen LogP contribution >= 0.6 is 15.9 Å². The van der Waals surface area contributed by atoms with E-state index < -0.39 is 0 Å². The van der Waals surface area contributed by atoms with E-state index in [0.29, 0.717) is 6.54 Å². The first kappa shape index (κ1) is 12.2. The predicted octanol–water partition coefficient (Wildman–Crippen LogP) is 3.15. The van der Waals surface area contributed by atoms with Crippen LogP contribution in [0.15, 0.2) is 33.4 Å². The van der Waals surface area contributed by atoms with Gasteiger partial charge in [-0.25, -0.2) is 0 Å². The summed E-state index contributed by atoms with van der Waals surface area (Å²) in [6.07, 6.45) is 1.83. The van der Waals surface area contributed by atoms with Gasteiger partial charge in [-0.2, -0.15) is 5.10 Å². The first-order chi connectivity index (χ1) is 9.17. The highest BCUT2D eigenvalue weighted by molar-refractivity contribution is 9.10. The summed E-state index contributed by atoms with van der Waals surface area (Å²) >= 11 is 3.47. The van der Waals surface area contributed by atoms with Crippen molar-refractivity contribution >= 4 is 26.8 Å². The smallest absolute Gasteiger partial charge is 0.135 e. The summed E-state index contributed by atoms with van der Waals surface area (Å²) in [5.41, 5.74) is 1.85. The van der Waals surface area contributed by atoms with Crippen LogP contribution in [-0.2, 0) is 6.54 Å².